The zero-order chi connectivity index (χ0) is 19.0. The van der Waals surface area contributed by atoms with Crippen LogP contribution in [0.4, 0.5) is 15.8 Å². The van der Waals surface area contributed by atoms with Crippen LogP contribution in [0.25, 0.3) is 0 Å². The number of rotatable bonds is 4. The molecule has 4 rings (SSSR count). The Balaban J connectivity index is 1.49. The van der Waals surface area contributed by atoms with Crippen LogP contribution in [0.15, 0.2) is 64.9 Å². The summed E-state index contributed by atoms with van der Waals surface area (Å²) in [6.07, 6.45) is 0. The second-order valence-electron chi connectivity index (χ2n) is 6.07. The molecule has 2 heterocycles. The molecule has 1 saturated heterocycles. The number of fused-ring (bicyclic) bond motifs is 1. The summed E-state index contributed by atoms with van der Waals surface area (Å²) in [5, 5.41) is 11.2. The number of nitrogens with zero attached hydrogens (tertiary/aromatic N) is 4. The quantitative estimate of drug-likeness (QED) is 0.833. The highest BCUT2D eigenvalue weighted by Gasteiger charge is 2.55. The van der Waals surface area contributed by atoms with Gasteiger partial charge in [0.25, 0.3) is 11.8 Å². The molecule has 1 N–H and O–H groups in total. The van der Waals surface area contributed by atoms with Crippen molar-refractivity contribution in [3.05, 3.63) is 60.4 Å². The van der Waals surface area contributed by atoms with Crippen LogP contribution in [0.3, 0.4) is 0 Å². The van der Waals surface area contributed by atoms with Crippen LogP contribution in [0.2, 0.25) is 0 Å². The third-order valence-corrected chi connectivity index (χ3v) is 4.33. The average molecular weight is 367 g/mol. The number of amides is 3. The summed E-state index contributed by atoms with van der Waals surface area (Å²) in [4.78, 5) is 38.6. The minimum atomic E-state index is -0.987. The average Bonchev–Trinajstić information content (AvgIpc) is 3.18. The van der Waals surface area contributed by atoms with E-state index < -0.39 is 35.6 Å². The van der Waals surface area contributed by atoms with E-state index in [2.05, 4.69) is 15.7 Å². The fraction of sp³-hybridized carbons (Fsp3) is 0.167. The Morgan fingerprint density at radius 1 is 1.04 bits per heavy atom. The van der Waals surface area contributed by atoms with Gasteiger partial charge in [0.05, 0.1) is 11.4 Å². The summed E-state index contributed by atoms with van der Waals surface area (Å²) in [5.74, 6) is -2.14. The molecule has 136 valence electrons. The first-order chi connectivity index (χ1) is 13.1. The molecule has 0 radical (unpaired) electrons. The molecule has 0 spiro atoms. The van der Waals surface area contributed by atoms with Crippen LogP contribution < -0.4 is 10.2 Å². The van der Waals surface area contributed by atoms with Gasteiger partial charge in [-0.3, -0.25) is 19.4 Å². The van der Waals surface area contributed by atoms with E-state index in [0.717, 1.165) is 9.91 Å². The number of halogens is 1. The van der Waals surface area contributed by atoms with Crippen molar-refractivity contribution in [3.8, 4) is 0 Å². The smallest absolute Gasteiger partial charge is 0.263 e. The first kappa shape index (κ1) is 16.8. The third kappa shape index (κ3) is 2.92. The van der Waals surface area contributed by atoms with Crippen molar-refractivity contribution in [2.45, 2.75) is 12.1 Å². The molecule has 2 aliphatic rings. The second kappa shape index (κ2) is 6.60. The van der Waals surface area contributed by atoms with Gasteiger partial charge < -0.3 is 5.32 Å². The fourth-order valence-corrected chi connectivity index (χ4v) is 3.08. The molecular weight excluding hydrogens is 353 g/mol. The Morgan fingerprint density at radius 2 is 1.74 bits per heavy atom. The molecule has 27 heavy (non-hydrogen) atoms. The summed E-state index contributed by atoms with van der Waals surface area (Å²) in [7, 11) is 0. The molecule has 0 aromatic heterocycles. The van der Waals surface area contributed by atoms with Gasteiger partial charge in [-0.2, -0.15) is 5.11 Å². The number of carbonyl (C=O) groups excluding carboxylic acids is 3. The van der Waals surface area contributed by atoms with Gasteiger partial charge in [0.1, 0.15) is 12.4 Å². The summed E-state index contributed by atoms with van der Waals surface area (Å²) >= 11 is 0. The highest BCUT2D eigenvalue weighted by molar-refractivity contribution is 6.25. The standard InChI is InChI=1S/C18H14FN5O3/c19-12-8-4-5-9-13(12)20-14(25)10-23-16-15(21-22-23)17(26)24(18(16)27)11-6-2-1-3-7-11/h1-9,15-16H,10H2,(H,20,25)/t15-,16-/m1/s1. The molecule has 3 amide bonds. The molecule has 2 atom stereocenters. The van der Waals surface area contributed by atoms with E-state index in [0.29, 0.717) is 5.69 Å². The van der Waals surface area contributed by atoms with Crippen molar-refractivity contribution in [2.75, 3.05) is 16.8 Å². The van der Waals surface area contributed by atoms with Crippen molar-refractivity contribution in [1.82, 2.24) is 5.01 Å². The number of anilines is 2. The molecule has 0 bridgehead atoms. The van der Waals surface area contributed by atoms with Crippen molar-refractivity contribution >= 4 is 29.1 Å². The number of benzene rings is 2. The van der Waals surface area contributed by atoms with Crippen LogP contribution in [-0.2, 0) is 14.4 Å². The SMILES string of the molecule is O=C(CN1N=N[C@H]2C(=O)N(c3ccccc3)C(=O)[C@@H]21)Nc1ccccc1F. The van der Waals surface area contributed by atoms with Gasteiger partial charge in [-0.05, 0) is 24.3 Å². The van der Waals surface area contributed by atoms with Gasteiger partial charge in [0.2, 0.25) is 5.91 Å². The maximum absolute atomic E-state index is 13.7. The molecule has 2 aromatic carbocycles. The first-order valence-corrected chi connectivity index (χ1v) is 8.21. The number of carbonyl (C=O) groups is 3. The van der Waals surface area contributed by atoms with Crippen LogP contribution in [0.5, 0.6) is 0 Å². The Hall–Kier alpha value is -3.62. The largest absolute Gasteiger partial charge is 0.322 e. The molecule has 2 aromatic rings. The van der Waals surface area contributed by atoms with Crippen molar-refractivity contribution in [2.24, 2.45) is 10.3 Å². The van der Waals surface area contributed by atoms with Gasteiger partial charge in [-0.25, -0.2) is 9.29 Å². The highest BCUT2D eigenvalue weighted by Crippen LogP contribution is 2.31. The Labute approximate surface area is 153 Å². The monoisotopic (exact) mass is 367 g/mol. The number of hydrogen-bond donors (Lipinski definition) is 1. The van der Waals surface area contributed by atoms with E-state index in [4.69, 9.17) is 0 Å². The van der Waals surface area contributed by atoms with E-state index in [-0.39, 0.29) is 12.2 Å². The topological polar surface area (TPSA) is 94.4 Å². The normalized spacial score (nSPS) is 20.9. The zero-order valence-corrected chi connectivity index (χ0v) is 13.9. The van der Waals surface area contributed by atoms with Crippen molar-refractivity contribution < 1.29 is 18.8 Å². The summed E-state index contributed by atoms with van der Waals surface area (Å²) in [5.41, 5.74) is 0.461. The van der Waals surface area contributed by atoms with Gasteiger partial charge in [-0.15, -0.1) is 0 Å². The number of para-hydroxylation sites is 2. The zero-order valence-electron chi connectivity index (χ0n) is 13.9. The minimum absolute atomic E-state index is 0.0231. The minimum Gasteiger partial charge on any atom is -0.322 e. The molecular formula is C18H14FN5O3. The Morgan fingerprint density at radius 3 is 2.48 bits per heavy atom. The molecule has 9 heteroatoms. The van der Waals surface area contributed by atoms with Gasteiger partial charge in [0, 0.05) is 0 Å². The highest BCUT2D eigenvalue weighted by atomic mass is 19.1. The van der Waals surface area contributed by atoms with Crippen LogP contribution >= 0.6 is 0 Å². The first-order valence-electron chi connectivity index (χ1n) is 8.21. The molecule has 0 unspecified atom stereocenters. The van der Waals surface area contributed by atoms with E-state index in [1.807, 2.05) is 0 Å². The molecule has 2 aliphatic heterocycles. The maximum Gasteiger partial charge on any atom is 0.263 e. The summed E-state index contributed by atoms with van der Waals surface area (Å²) in [6, 6.07) is 12.2. The molecule has 0 aliphatic carbocycles. The number of hydrogen-bond acceptors (Lipinski definition) is 6. The second-order valence-corrected chi connectivity index (χ2v) is 6.07. The summed E-state index contributed by atoms with van der Waals surface area (Å²) in [6.45, 7) is -0.333. The van der Waals surface area contributed by atoms with E-state index in [1.165, 1.54) is 18.2 Å². The fourth-order valence-electron chi connectivity index (χ4n) is 3.08. The predicted octanol–water partition coefficient (Wildman–Crippen LogP) is 1.76. The van der Waals surface area contributed by atoms with Gasteiger partial charge >= 0.3 is 0 Å². The lowest BCUT2D eigenvalue weighted by Gasteiger charge is -2.20. The van der Waals surface area contributed by atoms with Crippen LogP contribution in [-0.4, -0.2) is 41.4 Å². The maximum atomic E-state index is 13.7. The predicted molar refractivity (Wildman–Crippen MR) is 93.1 cm³/mol. The summed E-state index contributed by atoms with van der Waals surface area (Å²) < 4.78 is 13.7. The molecule has 8 nitrogen and oxygen atoms in total. The number of nitrogens with one attached hydrogen (secondary N) is 1. The van der Waals surface area contributed by atoms with Crippen LogP contribution in [0, 0.1) is 5.82 Å². The van der Waals surface area contributed by atoms with Crippen molar-refractivity contribution in [1.29, 1.82) is 0 Å². The van der Waals surface area contributed by atoms with E-state index in [1.54, 1.807) is 36.4 Å². The Kier molecular flexibility index (Phi) is 4.11. The third-order valence-electron chi connectivity index (χ3n) is 4.33. The number of imide groups is 1. The lowest BCUT2D eigenvalue weighted by Crippen LogP contribution is -2.43. The molecule has 1 fully saturated rings. The van der Waals surface area contributed by atoms with E-state index >= 15 is 0 Å². The lowest BCUT2D eigenvalue weighted by molar-refractivity contribution is -0.123. The lowest BCUT2D eigenvalue weighted by atomic mass is 10.1. The van der Waals surface area contributed by atoms with Crippen molar-refractivity contribution in [3.63, 3.8) is 0 Å². The van der Waals surface area contributed by atoms with Crippen LogP contribution in [0.1, 0.15) is 0 Å². The Bertz CT molecular complexity index is 949. The van der Waals surface area contributed by atoms with Gasteiger partial charge in [-0.1, -0.05) is 35.6 Å². The van der Waals surface area contributed by atoms with E-state index in [9.17, 15) is 18.8 Å². The molecule has 0 saturated carbocycles. The van der Waals surface area contributed by atoms with Gasteiger partial charge in [0.15, 0.2) is 12.1 Å².